The van der Waals surface area contributed by atoms with Gasteiger partial charge in [0, 0.05) is 26.8 Å². The molecule has 0 aliphatic rings. The third kappa shape index (κ3) is 3.82. The summed E-state index contributed by atoms with van der Waals surface area (Å²) in [6, 6.07) is 34.9. The summed E-state index contributed by atoms with van der Waals surface area (Å²) in [7, 11) is 0. The van der Waals surface area contributed by atoms with Crippen molar-refractivity contribution in [1.29, 1.82) is 0 Å². The first-order valence-electron chi connectivity index (χ1n) is 9.93. The van der Waals surface area contributed by atoms with Crippen molar-refractivity contribution in [3.63, 3.8) is 0 Å². The molecule has 0 radical (unpaired) electrons. The van der Waals surface area contributed by atoms with Crippen LogP contribution in [0, 0.1) is 6.92 Å². The van der Waals surface area contributed by atoms with Gasteiger partial charge in [-0.15, -0.1) is 22.7 Å². The molecule has 5 rings (SSSR count). The molecule has 0 spiro atoms. The maximum Gasteiger partial charge on any atom is 0.0462 e. The second kappa shape index (κ2) is 8.31. The van der Waals surface area contributed by atoms with E-state index in [1.807, 2.05) is 0 Å². The molecule has 0 aliphatic carbocycles. The van der Waals surface area contributed by atoms with Crippen LogP contribution in [-0.4, -0.2) is 0 Å². The van der Waals surface area contributed by atoms with Crippen LogP contribution in [0.4, 0.5) is 17.1 Å². The van der Waals surface area contributed by atoms with E-state index in [4.69, 9.17) is 0 Å². The lowest BCUT2D eigenvalue weighted by Crippen LogP contribution is -2.09. The predicted molar refractivity (Wildman–Crippen MR) is 132 cm³/mol. The van der Waals surface area contributed by atoms with E-state index in [1.165, 1.54) is 26.4 Å². The molecular weight excluding hydrogens is 402 g/mol. The molecule has 1 nitrogen and oxygen atoms in total. The Kier molecular flexibility index (Phi) is 5.22. The van der Waals surface area contributed by atoms with Gasteiger partial charge in [0.05, 0.1) is 0 Å². The number of thiophene rings is 2. The van der Waals surface area contributed by atoms with Crippen LogP contribution in [0.1, 0.15) is 5.56 Å². The van der Waals surface area contributed by atoms with Gasteiger partial charge in [0.15, 0.2) is 0 Å². The summed E-state index contributed by atoms with van der Waals surface area (Å²) in [6.07, 6.45) is 0. The minimum atomic E-state index is 1.16. The smallest absolute Gasteiger partial charge is 0.0462 e. The number of hydrogen-bond donors (Lipinski definition) is 0. The fourth-order valence-electron chi connectivity index (χ4n) is 3.58. The number of benzene rings is 3. The lowest BCUT2D eigenvalue weighted by atomic mass is 10.1. The standard InChI is InChI=1S/C27H21NS2/c1-20-6-12-23(13-7-20)28(24-14-8-21(9-15-24)26-4-2-18-29-26)25-16-10-22(11-17-25)27-5-3-19-30-27/h2-19H,1H3. The molecule has 2 heterocycles. The van der Waals surface area contributed by atoms with Crippen molar-refractivity contribution in [2.24, 2.45) is 0 Å². The van der Waals surface area contributed by atoms with Crippen molar-refractivity contribution in [2.75, 3.05) is 4.90 Å². The Morgan fingerprint density at radius 1 is 0.500 bits per heavy atom. The summed E-state index contributed by atoms with van der Waals surface area (Å²) in [5.41, 5.74) is 7.25. The summed E-state index contributed by atoms with van der Waals surface area (Å²) in [5.74, 6) is 0. The van der Waals surface area contributed by atoms with Crippen LogP contribution in [0.3, 0.4) is 0 Å². The number of rotatable bonds is 5. The number of nitrogens with zero attached hydrogens (tertiary/aromatic N) is 1. The molecule has 0 bridgehead atoms. The minimum Gasteiger partial charge on any atom is -0.311 e. The minimum absolute atomic E-state index is 1.16. The summed E-state index contributed by atoms with van der Waals surface area (Å²) in [4.78, 5) is 4.91. The van der Waals surface area contributed by atoms with Crippen LogP contribution >= 0.6 is 22.7 Å². The molecule has 5 aromatic rings. The van der Waals surface area contributed by atoms with Gasteiger partial charge in [-0.25, -0.2) is 0 Å². The molecule has 0 atom stereocenters. The highest BCUT2D eigenvalue weighted by Crippen LogP contribution is 2.37. The van der Waals surface area contributed by atoms with E-state index in [0.717, 1.165) is 17.1 Å². The molecule has 0 amide bonds. The van der Waals surface area contributed by atoms with E-state index in [0.29, 0.717) is 0 Å². The van der Waals surface area contributed by atoms with Gasteiger partial charge in [-0.1, -0.05) is 54.1 Å². The summed E-state index contributed by atoms with van der Waals surface area (Å²) < 4.78 is 0. The first kappa shape index (κ1) is 18.9. The third-order valence-electron chi connectivity index (χ3n) is 5.15. The lowest BCUT2D eigenvalue weighted by molar-refractivity contribution is 1.28. The first-order chi connectivity index (χ1) is 14.8. The van der Waals surface area contributed by atoms with Gasteiger partial charge in [0.1, 0.15) is 0 Å². The van der Waals surface area contributed by atoms with Crippen LogP contribution in [0.25, 0.3) is 20.9 Å². The monoisotopic (exact) mass is 423 g/mol. The van der Waals surface area contributed by atoms with Crippen molar-refractivity contribution < 1.29 is 0 Å². The molecule has 0 fully saturated rings. The van der Waals surface area contributed by atoms with Crippen LogP contribution in [0.15, 0.2) is 108 Å². The van der Waals surface area contributed by atoms with Crippen LogP contribution in [-0.2, 0) is 0 Å². The molecule has 30 heavy (non-hydrogen) atoms. The van der Waals surface area contributed by atoms with Gasteiger partial charge >= 0.3 is 0 Å². The highest BCUT2D eigenvalue weighted by atomic mass is 32.1. The number of hydrogen-bond acceptors (Lipinski definition) is 3. The predicted octanol–water partition coefficient (Wildman–Crippen LogP) is 8.92. The zero-order valence-electron chi connectivity index (χ0n) is 16.7. The van der Waals surface area contributed by atoms with Crippen molar-refractivity contribution in [3.05, 3.63) is 113 Å². The van der Waals surface area contributed by atoms with E-state index >= 15 is 0 Å². The first-order valence-corrected chi connectivity index (χ1v) is 11.7. The van der Waals surface area contributed by atoms with Gasteiger partial charge < -0.3 is 4.90 Å². The van der Waals surface area contributed by atoms with Crippen LogP contribution in [0.5, 0.6) is 0 Å². The second-order valence-corrected chi connectivity index (χ2v) is 9.11. The Balaban J connectivity index is 1.54. The number of aryl methyl sites for hydroxylation is 1. The van der Waals surface area contributed by atoms with Gasteiger partial charge in [0.2, 0.25) is 0 Å². The van der Waals surface area contributed by atoms with Gasteiger partial charge in [-0.05, 0) is 77.3 Å². The second-order valence-electron chi connectivity index (χ2n) is 7.22. The molecule has 0 saturated heterocycles. The number of anilines is 3. The Morgan fingerprint density at radius 3 is 1.27 bits per heavy atom. The highest BCUT2D eigenvalue weighted by molar-refractivity contribution is 7.13. The van der Waals surface area contributed by atoms with Crippen molar-refractivity contribution >= 4 is 39.7 Å². The summed E-state index contributed by atoms with van der Waals surface area (Å²) in [5, 5.41) is 4.24. The quantitative estimate of drug-likeness (QED) is 0.273. The largest absolute Gasteiger partial charge is 0.311 e. The fourth-order valence-corrected chi connectivity index (χ4v) is 5.04. The van der Waals surface area contributed by atoms with E-state index in [-0.39, 0.29) is 0 Å². The van der Waals surface area contributed by atoms with E-state index in [2.05, 4.69) is 120 Å². The van der Waals surface area contributed by atoms with Gasteiger partial charge in [-0.2, -0.15) is 0 Å². The summed E-state index contributed by atoms with van der Waals surface area (Å²) in [6.45, 7) is 2.12. The molecule has 3 aromatic carbocycles. The van der Waals surface area contributed by atoms with E-state index < -0.39 is 0 Å². The van der Waals surface area contributed by atoms with E-state index in [1.54, 1.807) is 22.7 Å². The zero-order valence-corrected chi connectivity index (χ0v) is 18.3. The molecule has 2 aromatic heterocycles. The average molecular weight is 424 g/mol. The van der Waals surface area contributed by atoms with Crippen molar-refractivity contribution in [1.82, 2.24) is 0 Å². The Morgan fingerprint density at radius 2 is 0.900 bits per heavy atom. The molecule has 0 aliphatic heterocycles. The molecule has 0 saturated carbocycles. The van der Waals surface area contributed by atoms with Gasteiger partial charge in [0.25, 0.3) is 0 Å². The zero-order chi connectivity index (χ0) is 20.3. The fraction of sp³-hybridized carbons (Fsp3) is 0.0370. The van der Waals surface area contributed by atoms with Crippen molar-refractivity contribution in [3.8, 4) is 20.9 Å². The van der Waals surface area contributed by atoms with Crippen LogP contribution < -0.4 is 4.90 Å². The Bertz CT molecular complexity index is 1120. The highest BCUT2D eigenvalue weighted by Gasteiger charge is 2.13. The topological polar surface area (TPSA) is 3.24 Å². The molecule has 0 N–H and O–H groups in total. The molecule has 0 unspecified atom stereocenters. The maximum atomic E-state index is 2.32. The van der Waals surface area contributed by atoms with Gasteiger partial charge in [-0.3, -0.25) is 0 Å². The Labute approximate surface area is 185 Å². The van der Waals surface area contributed by atoms with Crippen molar-refractivity contribution in [2.45, 2.75) is 6.92 Å². The van der Waals surface area contributed by atoms with E-state index in [9.17, 15) is 0 Å². The lowest BCUT2D eigenvalue weighted by Gasteiger charge is -2.26. The molecular formula is C27H21NS2. The molecule has 146 valence electrons. The summed E-state index contributed by atoms with van der Waals surface area (Å²) >= 11 is 3.54. The molecule has 3 heteroatoms. The normalized spacial score (nSPS) is 10.8. The SMILES string of the molecule is Cc1ccc(N(c2ccc(-c3cccs3)cc2)c2ccc(-c3cccs3)cc2)cc1. The Hall–Kier alpha value is -3.14. The third-order valence-corrected chi connectivity index (χ3v) is 6.99. The van der Waals surface area contributed by atoms with Crippen LogP contribution in [0.2, 0.25) is 0 Å². The maximum absolute atomic E-state index is 2.32. The average Bonchev–Trinajstić information content (AvgIpc) is 3.51.